The van der Waals surface area contributed by atoms with Crippen LogP contribution in [0.4, 0.5) is 5.13 Å². The van der Waals surface area contributed by atoms with Crippen molar-refractivity contribution in [1.29, 1.82) is 0 Å². The topological polar surface area (TPSA) is 66.8 Å². The number of thiazole rings is 1. The monoisotopic (exact) mass is 485 g/mol. The quantitative estimate of drug-likeness (QED) is 0.316. The number of aromatic nitrogens is 4. The van der Waals surface area contributed by atoms with Crippen LogP contribution in [-0.2, 0) is 6.54 Å². The van der Waals surface area contributed by atoms with Crippen molar-refractivity contribution in [3.63, 3.8) is 0 Å². The van der Waals surface area contributed by atoms with E-state index in [0.29, 0.717) is 22.3 Å². The molecule has 5 aromatic rings. The SMILES string of the molecule is Cc1cc(Cl)cc2sc(N(CCCn3ccnc3)C(=O)c3c[nH]c4ccccc34)nc12.Cl. The molecule has 3 aromatic heterocycles. The first-order chi connectivity index (χ1) is 15.1. The zero-order chi connectivity index (χ0) is 21.4. The molecule has 32 heavy (non-hydrogen) atoms. The normalized spacial score (nSPS) is 11.1. The summed E-state index contributed by atoms with van der Waals surface area (Å²) in [4.78, 5) is 27.6. The van der Waals surface area contributed by atoms with Crippen molar-refractivity contribution in [3.8, 4) is 0 Å². The zero-order valence-electron chi connectivity index (χ0n) is 17.3. The minimum atomic E-state index is -0.0640. The molecule has 0 aliphatic rings. The van der Waals surface area contributed by atoms with Gasteiger partial charge in [-0.05, 0) is 37.1 Å². The number of aromatic amines is 1. The molecule has 0 radical (unpaired) electrons. The molecule has 2 aromatic carbocycles. The highest BCUT2D eigenvalue weighted by Gasteiger charge is 2.24. The van der Waals surface area contributed by atoms with Crippen molar-refractivity contribution in [2.75, 3.05) is 11.4 Å². The van der Waals surface area contributed by atoms with Crippen molar-refractivity contribution in [3.05, 3.63) is 77.5 Å². The van der Waals surface area contributed by atoms with Crippen LogP contribution in [-0.4, -0.2) is 32.0 Å². The lowest BCUT2D eigenvalue weighted by Crippen LogP contribution is -2.32. The van der Waals surface area contributed by atoms with Crippen LogP contribution >= 0.6 is 35.3 Å². The Morgan fingerprint density at radius 3 is 2.94 bits per heavy atom. The molecular weight excluding hydrogens is 465 g/mol. The lowest BCUT2D eigenvalue weighted by Gasteiger charge is -2.19. The summed E-state index contributed by atoms with van der Waals surface area (Å²) in [5.41, 5.74) is 3.47. The van der Waals surface area contributed by atoms with Gasteiger partial charge in [-0.1, -0.05) is 41.1 Å². The zero-order valence-corrected chi connectivity index (χ0v) is 19.7. The number of benzene rings is 2. The average Bonchev–Trinajstić information content (AvgIpc) is 3.50. The number of imidazole rings is 1. The van der Waals surface area contributed by atoms with E-state index in [9.17, 15) is 4.79 Å². The van der Waals surface area contributed by atoms with Gasteiger partial charge in [-0.25, -0.2) is 9.97 Å². The third-order valence-corrected chi connectivity index (χ3v) is 6.54. The molecule has 0 atom stereocenters. The molecule has 5 rings (SSSR count). The second-order valence-electron chi connectivity index (χ2n) is 7.42. The van der Waals surface area contributed by atoms with E-state index in [1.807, 2.05) is 54.1 Å². The van der Waals surface area contributed by atoms with Crippen LogP contribution in [0.5, 0.6) is 0 Å². The fourth-order valence-electron chi connectivity index (χ4n) is 3.77. The van der Waals surface area contributed by atoms with E-state index in [1.54, 1.807) is 23.6 Å². The van der Waals surface area contributed by atoms with Crippen LogP contribution < -0.4 is 4.90 Å². The summed E-state index contributed by atoms with van der Waals surface area (Å²) in [5.74, 6) is -0.0640. The molecule has 0 aliphatic heterocycles. The third kappa shape index (κ3) is 4.24. The van der Waals surface area contributed by atoms with Gasteiger partial charge in [-0.15, -0.1) is 12.4 Å². The number of amides is 1. The van der Waals surface area contributed by atoms with Crippen molar-refractivity contribution in [1.82, 2.24) is 19.5 Å². The van der Waals surface area contributed by atoms with Crippen LogP contribution in [0.25, 0.3) is 21.1 Å². The number of H-pyrrole nitrogens is 1. The lowest BCUT2D eigenvalue weighted by atomic mass is 10.1. The van der Waals surface area contributed by atoms with E-state index in [0.717, 1.165) is 39.6 Å². The van der Waals surface area contributed by atoms with Crippen molar-refractivity contribution < 1.29 is 4.79 Å². The van der Waals surface area contributed by atoms with E-state index >= 15 is 0 Å². The molecular formula is C23H21Cl2N5OS. The van der Waals surface area contributed by atoms with Gasteiger partial charge >= 0.3 is 0 Å². The number of rotatable bonds is 6. The van der Waals surface area contributed by atoms with Crippen LogP contribution in [0.3, 0.4) is 0 Å². The Bertz CT molecular complexity index is 1380. The number of para-hydroxylation sites is 1. The van der Waals surface area contributed by atoms with Gasteiger partial charge in [0.2, 0.25) is 0 Å². The average molecular weight is 486 g/mol. The molecule has 0 unspecified atom stereocenters. The van der Waals surface area contributed by atoms with Crippen molar-refractivity contribution in [2.45, 2.75) is 19.9 Å². The molecule has 0 bridgehead atoms. The first-order valence-electron chi connectivity index (χ1n) is 10.0. The van der Waals surface area contributed by atoms with Crippen LogP contribution in [0.2, 0.25) is 5.02 Å². The Kier molecular flexibility index (Phi) is 6.50. The minimum absolute atomic E-state index is 0. The van der Waals surface area contributed by atoms with E-state index in [-0.39, 0.29) is 18.3 Å². The van der Waals surface area contributed by atoms with Crippen LogP contribution in [0.1, 0.15) is 22.3 Å². The summed E-state index contributed by atoms with van der Waals surface area (Å²) in [6.07, 6.45) is 8.03. The number of carbonyl (C=O) groups is 1. The summed E-state index contributed by atoms with van der Waals surface area (Å²) in [7, 11) is 0. The van der Waals surface area contributed by atoms with E-state index < -0.39 is 0 Å². The van der Waals surface area contributed by atoms with Crippen LogP contribution in [0.15, 0.2) is 61.3 Å². The molecule has 1 N–H and O–H groups in total. The molecule has 0 saturated carbocycles. The van der Waals surface area contributed by atoms with Gasteiger partial charge in [0.15, 0.2) is 5.13 Å². The van der Waals surface area contributed by atoms with E-state index in [2.05, 4.69) is 9.97 Å². The first kappa shape index (κ1) is 22.3. The molecule has 0 fully saturated rings. The Morgan fingerprint density at radius 1 is 1.28 bits per heavy atom. The second kappa shape index (κ2) is 9.32. The predicted molar refractivity (Wildman–Crippen MR) is 133 cm³/mol. The highest BCUT2D eigenvalue weighted by Crippen LogP contribution is 2.34. The number of nitrogens with zero attached hydrogens (tertiary/aromatic N) is 4. The molecule has 0 aliphatic carbocycles. The number of hydrogen-bond donors (Lipinski definition) is 1. The first-order valence-corrected chi connectivity index (χ1v) is 11.2. The van der Waals surface area contributed by atoms with Gasteiger partial charge in [0, 0.05) is 47.6 Å². The lowest BCUT2D eigenvalue weighted by molar-refractivity contribution is 0.0988. The molecule has 6 nitrogen and oxygen atoms in total. The third-order valence-electron chi connectivity index (χ3n) is 5.29. The maximum Gasteiger partial charge on any atom is 0.262 e. The van der Waals surface area contributed by atoms with E-state index in [4.69, 9.17) is 16.6 Å². The van der Waals surface area contributed by atoms with Gasteiger partial charge in [-0.2, -0.15) is 0 Å². The number of anilines is 1. The summed E-state index contributed by atoms with van der Waals surface area (Å²) >= 11 is 7.74. The maximum absolute atomic E-state index is 13.7. The summed E-state index contributed by atoms with van der Waals surface area (Å²) in [6.45, 7) is 3.30. The highest BCUT2D eigenvalue weighted by molar-refractivity contribution is 7.22. The number of carbonyl (C=O) groups excluding carboxylic acids is 1. The van der Waals surface area contributed by atoms with Gasteiger partial charge in [-0.3, -0.25) is 9.69 Å². The Balaban J connectivity index is 0.00000245. The summed E-state index contributed by atoms with van der Waals surface area (Å²) < 4.78 is 2.99. The van der Waals surface area contributed by atoms with Crippen molar-refractivity contribution >= 4 is 67.5 Å². The minimum Gasteiger partial charge on any atom is -0.360 e. The molecule has 164 valence electrons. The Hall–Kier alpha value is -2.87. The van der Waals surface area contributed by atoms with E-state index in [1.165, 1.54) is 11.3 Å². The number of halogens is 2. The number of nitrogens with one attached hydrogen (secondary N) is 1. The van der Waals surface area contributed by atoms with Crippen molar-refractivity contribution in [2.24, 2.45) is 0 Å². The standard InChI is InChI=1S/C23H20ClN5OS.ClH/c1-15-11-16(24)12-20-21(15)27-23(31-20)29(9-4-8-28-10-7-25-14-28)22(30)18-13-26-19-6-3-2-5-17(18)19;/h2-3,5-7,10-14,26H,4,8-9H2,1H3;1H. The molecule has 0 spiro atoms. The smallest absolute Gasteiger partial charge is 0.262 e. The fourth-order valence-corrected chi connectivity index (χ4v) is 5.21. The fraction of sp³-hybridized carbons (Fsp3) is 0.174. The van der Waals surface area contributed by atoms with Gasteiger partial charge in [0.1, 0.15) is 0 Å². The molecule has 3 heterocycles. The maximum atomic E-state index is 13.7. The second-order valence-corrected chi connectivity index (χ2v) is 8.87. The largest absolute Gasteiger partial charge is 0.360 e. The summed E-state index contributed by atoms with van der Waals surface area (Å²) in [6, 6.07) is 11.6. The Morgan fingerprint density at radius 2 is 2.12 bits per heavy atom. The number of aryl methyl sites for hydroxylation is 2. The molecule has 1 amide bonds. The molecule has 0 saturated heterocycles. The Labute approximate surface area is 200 Å². The highest BCUT2D eigenvalue weighted by atomic mass is 35.5. The number of fused-ring (bicyclic) bond motifs is 2. The predicted octanol–water partition coefficient (Wildman–Crippen LogP) is 6.09. The summed E-state index contributed by atoms with van der Waals surface area (Å²) in [5, 5.41) is 2.27. The van der Waals surface area contributed by atoms with Crippen LogP contribution in [0, 0.1) is 6.92 Å². The van der Waals surface area contributed by atoms with Gasteiger partial charge in [0.05, 0.1) is 22.1 Å². The molecule has 9 heteroatoms. The number of hydrogen-bond acceptors (Lipinski definition) is 4. The van der Waals surface area contributed by atoms with Gasteiger partial charge < -0.3 is 9.55 Å². The van der Waals surface area contributed by atoms with Gasteiger partial charge in [0.25, 0.3) is 5.91 Å².